The molecule has 156 valence electrons. The quantitative estimate of drug-likeness (QED) is 0.557. The number of benzene rings is 3. The zero-order valence-corrected chi connectivity index (χ0v) is 18.2. The van der Waals surface area contributed by atoms with Crippen LogP contribution in [0.15, 0.2) is 83.8 Å². The largest absolute Gasteiger partial charge is 0.325 e. The van der Waals surface area contributed by atoms with Gasteiger partial charge in [-0.15, -0.1) is 0 Å². The molecule has 0 saturated carbocycles. The van der Waals surface area contributed by atoms with Gasteiger partial charge in [-0.25, -0.2) is 8.42 Å². The summed E-state index contributed by atoms with van der Waals surface area (Å²) in [6.07, 6.45) is 0.496. The molecule has 0 aliphatic carbocycles. The van der Waals surface area contributed by atoms with Crippen molar-refractivity contribution in [1.82, 2.24) is 4.31 Å². The van der Waals surface area contributed by atoms with Crippen molar-refractivity contribution in [2.24, 2.45) is 0 Å². The topological polar surface area (TPSA) is 66.5 Å². The monoisotopic (exact) mass is 442 g/mol. The van der Waals surface area contributed by atoms with E-state index in [9.17, 15) is 13.2 Å². The Balaban J connectivity index is 1.81. The Bertz CT molecular complexity index is 1100. The van der Waals surface area contributed by atoms with E-state index in [0.29, 0.717) is 17.1 Å². The predicted octanol–water partition coefficient (Wildman–Crippen LogP) is 4.52. The van der Waals surface area contributed by atoms with Crippen molar-refractivity contribution < 1.29 is 13.2 Å². The van der Waals surface area contributed by atoms with Gasteiger partial charge in [-0.2, -0.15) is 4.31 Å². The number of nitrogens with one attached hydrogen (secondary N) is 1. The Morgan fingerprint density at radius 1 is 0.933 bits per heavy atom. The van der Waals surface area contributed by atoms with Crippen LogP contribution >= 0.6 is 11.6 Å². The third-order valence-electron chi connectivity index (χ3n) is 4.74. The van der Waals surface area contributed by atoms with Crippen molar-refractivity contribution in [3.8, 4) is 0 Å². The van der Waals surface area contributed by atoms with Gasteiger partial charge in [-0.05, 0) is 48.7 Å². The van der Waals surface area contributed by atoms with Crippen LogP contribution in [0.5, 0.6) is 0 Å². The van der Waals surface area contributed by atoms with Crippen molar-refractivity contribution in [1.29, 1.82) is 0 Å². The van der Waals surface area contributed by atoms with E-state index >= 15 is 0 Å². The number of halogens is 1. The van der Waals surface area contributed by atoms with E-state index in [1.807, 2.05) is 30.3 Å². The van der Waals surface area contributed by atoms with Crippen LogP contribution in [-0.4, -0.2) is 31.7 Å². The summed E-state index contributed by atoms with van der Waals surface area (Å²) in [6.45, 7) is 1.69. The van der Waals surface area contributed by atoms with Crippen LogP contribution in [0.1, 0.15) is 11.1 Å². The maximum atomic E-state index is 13.2. The number of anilines is 1. The van der Waals surface area contributed by atoms with Crippen LogP contribution in [0, 0.1) is 6.92 Å². The summed E-state index contributed by atoms with van der Waals surface area (Å²) >= 11 is 6.12. The van der Waals surface area contributed by atoms with Crippen LogP contribution in [0.25, 0.3) is 0 Å². The molecule has 0 unspecified atom stereocenters. The first-order valence-electron chi connectivity index (χ1n) is 9.52. The lowest BCUT2D eigenvalue weighted by atomic mass is 10.1. The van der Waals surface area contributed by atoms with Crippen LogP contribution in [0.3, 0.4) is 0 Å². The molecule has 0 radical (unpaired) electrons. The first-order valence-corrected chi connectivity index (χ1v) is 11.3. The molecule has 0 heterocycles. The molecule has 7 heteroatoms. The number of rotatable bonds is 8. The Morgan fingerprint density at radius 2 is 1.57 bits per heavy atom. The second-order valence-corrected chi connectivity index (χ2v) is 9.19. The molecular formula is C23H23ClN2O3S. The van der Waals surface area contributed by atoms with Gasteiger partial charge in [-0.3, -0.25) is 4.79 Å². The summed E-state index contributed by atoms with van der Waals surface area (Å²) in [7, 11) is -3.83. The van der Waals surface area contributed by atoms with Crippen molar-refractivity contribution in [3.05, 3.63) is 95.0 Å². The van der Waals surface area contributed by atoms with Crippen LogP contribution in [0.2, 0.25) is 5.02 Å². The summed E-state index contributed by atoms with van der Waals surface area (Å²) < 4.78 is 27.6. The molecule has 3 aromatic carbocycles. The molecule has 0 saturated heterocycles. The van der Waals surface area contributed by atoms with Gasteiger partial charge < -0.3 is 5.32 Å². The lowest BCUT2D eigenvalue weighted by Gasteiger charge is -2.22. The lowest BCUT2D eigenvalue weighted by molar-refractivity contribution is -0.116. The predicted molar refractivity (Wildman–Crippen MR) is 120 cm³/mol. The van der Waals surface area contributed by atoms with Gasteiger partial charge >= 0.3 is 0 Å². The SMILES string of the molecule is Cc1c(Cl)cccc1NC(=O)CN(CCc1ccccc1)S(=O)(=O)c1ccccc1. The maximum absolute atomic E-state index is 13.2. The summed E-state index contributed by atoms with van der Waals surface area (Å²) in [5.74, 6) is -0.423. The second-order valence-electron chi connectivity index (χ2n) is 6.85. The number of hydrogen-bond acceptors (Lipinski definition) is 3. The minimum Gasteiger partial charge on any atom is -0.325 e. The highest BCUT2D eigenvalue weighted by Crippen LogP contribution is 2.23. The second kappa shape index (κ2) is 9.89. The molecule has 0 aliphatic heterocycles. The van der Waals surface area contributed by atoms with E-state index in [1.54, 1.807) is 43.3 Å². The Hall–Kier alpha value is -2.67. The molecule has 0 bridgehead atoms. The number of carbonyl (C=O) groups is 1. The third-order valence-corrected chi connectivity index (χ3v) is 7.00. The average molecular weight is 443 g/mol. The fourth-order valence-corrected chi connectivity index (χ4v) is 4.61. The molecular weight excluding hydrogens is 420 g/mol. The van der Waals surface area contributed by atoms with Gasteiger partial charge in [-0.1, -0.05) is 66.2 Å². The Labute approximate surface area is 182 Å². The number of amides is 1. The van der Waals surface area contributed by atoms with Crippen molar-refractivity contribution in [2.45, 2.75) is 18.2 Å². The Kier molecular flexibility index (Phi) is 7.26. The molecule has 5 nitrogen and oxygen atoms in total. The molecule has 0 atom stereocenters. The maximum Gasteiger partial charge on any atom is 0.243 e. The standard InChI is InChI=1S/C23H23ClN2O3S/c1-18-21(24)13-8-14-22(18)25-23(27)17-26(16-15-19-9-4-2-5-10-19)30(28,29)20-11-6-3-7-12-20/h2-14H,15-17H2,1H3,(H,25,27). The minimum absolute atomic E-state index is 0.157. The van der Waals surface area contributed by atoms with Gasteiger partial charge in [0.1, 0.15) is 0 Å². The summed E-state index contributed by atoms with van der Waals surface area (Å²) in [4.78, 5) is 12.9. The van der Waals surface area contributed by atoms with Crippen molar-refractivity contribution in [3.63, 3.8) is 0 Å². The highest BCUT2D eigenvalue weighted by molar-refractivity contribution is 7.89. The number of sulfonamides is 1. The van der Waals surface area contributed by atoms with E-state index in [1.165, 1.54) is 16.4 Å². The van der Waals surface area contributed by atoms with Crippen LogP contribution in [0.4, 0.5) is 5.69 Å². The fraction of sp³-hybridized carbons (Fsp3) is 0.174. The molecule has 3 aromatic rings. The van der Waals surface area contributed by atoms with E-state index in [-0.39, 0.29) is 18.0 Å². The highest BCUT2D eigenvalue weighted by atomic mass is 35.5. The van der Waals surface area contributed by atoms with Crippen molar-refractivity contribution >= 4 is 33.2 Å². The van der Waals surface area contributed by atoms with Crippen LogP contribution < -0.4 is 5.32 Å². The molecule has 3 rings (SSSR count). The number of carbonyl (C=O) groups excluding carboxylic acids is 1. The molecule has 30 heavy (non-hydrogen) atoms. The fourth-order valence-electron chi connectivity index (χ4n) is 3.02. The first-order chi connectivity index (χ1) is 14.4. The zero-order chi connectivity index (χ0) is 21.6. The number of nitrogens with zero attached hydrogens (tertiary/aromatic N) is 1. The summed E-state index contributed by atoms with van der Waals surface area (Å²) in [5.41, 5.74) is 2.29. The normalized spacial score (nSPS) is 11.4. The van der Waals surface area contributed by atoms with Crippen LogP contribution in [-0.2, 0) is 21.2 Å². The van der Waals surface area contributed by atoms with E-state index < -0.39 is 15.9 Å². The van der Waals surface area contributed by atoms with Gasteiger partial charge in [0.15, 0.2) is 0 Å². The van der Waals surface area contributed by atoms with Gasteiger partial charge in [0.25, 0.3) is 0 Å². The highest BCUT2D eigenvalue weighted by Gasteiger charge is 2.26. The smallest absolute Gasteiger partial charge is 0.243 e. The summed E-state index contributed by atoms with van der Waals surface area (Å²) in [5, 5.41) is 3.31. The average Bonchev–Trinajstić information content (AvgIpc) is 2.75. The van der Waals surface area contributed by atoms with E-state index in [4.69, 9.17) is 11.6 Å². The van der Waals surface area contributed by atoms with Gasteiger partial charge in [0.2, 0.25) is 15.9 Å². The lowest BCUT2D eigenvalue weighted by Crippen LogP contribution is -2.39. The van der Waals surface area contributed by atoms with Crippen molar-refractivity contribution in [2.75, 3.05) is 18.4 Å². The third kappa shape index (κ3) is 5.48. The summed E-state index contributed by atoms with van der Waals surface area (Å²) in [6, 6.07) is 22.9. The molecule has 0 spiro atoms. The minimum atomic E-state index is -3.83. The van der Waals surface area contributed by atoms with E-state index in [0.717, 1.165) is 11.1 Å². The molecule has 0 aromatic heterocycles. The molecule has 0 fully saturated rings. The van der Waals surface area contributed by atoms with Gasteiger partial charge in [0.05, 0.1) is 11.4 Å². The van der Waals surface area contributed by atoms with E-state index in [2.05, 4.69) is 5.32 Å². The molecule has 1 amide bonds. The first kappa shape index (κ1) is 22.0. The number of hydrogen-bond donors (Lipinski definition) is 1. The zero-order valence-electron chi connectivity index (χ0n) is 16.6. The molecule has 1 N–H and O–H groups in total. The molecule has 0 aliphatic rings. The van der Waals surface area contributed by atoms with Gasteiger partial charge in [0, 0.05) is 17.3 Å². The Morgan fingerprint density at radius 3 is 2.23 bits per heavy atom.